The highest BCUT2D eigenvalue weighted by Crippen LogP contribution is 2.53. The van der Waals surface area contributed by atoms with Crippen LogP contribution in [0.25, 0.3) is 0 Å². The van der Waals surface area contributed by atoms with E-state index in [1.807, 2.05) is 6.07 Å². The second kappa shape index (κ2) is 15.3. The van der Waals surface area contributed by atoms with Gasteiger partial charge in [-0.25, -0.2) is 0 Å². The van der Waals surface area contributed by atoms with Gasteiger partial charge in [0.25, 0.3) is 0 Å². The fourth-order valence-corrected chi connectivity index (χ4v) is 6.95. The summed E-state index contributed by atoms with van der Waals surface area (Å²) in [5.41, 5.74) is 1.42. The first-order chi connectivity index (χ1) is 24.0. The fourth-order valence-electron chi connectivity index (χ4n) is 6.95. The largest absolute Gasteiger partial charge is 0.493 e. The number of hydrogen-bond acceptors (Lipinski definition) is 17. The first-order valence-corrected chi connectivity index (χ1v) is 16.2. The molecule has 0 aromatic heterocycles. The molecule has 4 aliphatic heterocycles. The van der Waals surface area contributed by atoms with Gasteiger partial charge in [-0.05, 0) is 35.4 Å². The average Bonchev–Trinajstić information content (AvgIpc) is 3.75. The second-order valence-corrected chi connectivity index (χ2v) is 12.6. The molecule has 8 N–H and O–H groups in total. The predicted octanol–water partition coefficient (Wildman–Crippen LogP) is -1.85. The molecule has 14 atom stereocenters. The summed E-state index contributed by atoms with van der Waals surface area (Å²) in [6.45, 7) is -0.551. The van der Waals surface area contributed by atoms with Gasteiger partial charge in [0.05, 0.1) is 60.0 Å². The van der Waals surface area contributed by atoms with E-state index >= 15 is 0 Å². The normalized spacial score (nSPS) is 38.4. The number of methoxy groups -OCH3 is 3. The van der Waals surface area contributed by atoms with Gasteiger partial charge < -0.3 is 83.5 Å². The van der Waals surface area contributed by atoms with Gasteiger partial charge in [0.1, 0.15) is 48.8 Å². The number of aliphatic hydroxyl groups excluding tert-OH is 8. The first kappa shape index (κ1) is 36.7. The SMILES string of the molecule is COc1ccc([C@@H]2OC[C@@H]3[C@@H]2CO[C@@H]3c2cc(OC)c(O[C@@H]3O[C@@H](CO)[C@@H](O)[C@@H](O)[C@H]3O)c(OC)c2)cc1O[C@@H]1O[C@@H](CO)[C@@H](O)[C@@H](O)[C@@H]1O. The summed E-state index contributed by atoms with van der Waals surface area (Å²) in [6, 6.07) is 8.56. The van der Waals surface area contributed by atoms with Crippen molar-refractivity contribution in [3.05, 3.63) is 41.5 Å². The maximum Gasteiger partial charge on any atom is 0.229 e. The molecule has 4 heterocycles. The quantitative estimate of drug-likeness (QED) is 0.127. The van der Waals surface area contributed by atoms with Crippen LogP contribution in [0.5, 0.6) is 28.7 Å². The molecule has 0 aliphatic carbocycles. The van der Waals surface area contributed by atoms with Crippen LogP contribution in [0, 0.1) is 11.8 Å². The third-order valence-electron chi connectivity index (χ3n) is 9.77. The van der Waals surface area contributed by atoms with Gasteiger partial charge in [-0.1, -0.05) is 6.07 Å². The molecule has 0 radical (unpaired) electrons. The lowest BCUT2D eigenvalue weighted by Crippen LogP contribution is -2.60. The lowest BCUT2D eigenvalue weighted by Gasteiger charge is -2.39. The van der Waals surface area contributed by atoms with Crippen LogP contribution in [0.2, 0.25) is 0 Å². The molecule has 4 saturated heterocycles. The molecule has 278 valence electrons. The zero-order chi connectivity index (χ0) is 35.9. The minimum Gasteiger partial charge on any atom is -0.493 e. The molecule has 50 heavy (non-hydrogen) atoms. The van der Waals surface area contributed by atoms with Crippen LogP contribution in [0.15, 0.2) is 30.3 Å². The fraction of sp³-hybridized carbons (Fsp3) is 0.636. The van der Waals surface area contributed by atoms with Gasteiger partial charge >= 0.3 is 0 Å². The van der Waals surface area contributed by atoms with Crippen molar-refractivity contribution in [1.29, 1.82) is 0 Å². The summed E-state index contributed by atoms with van der Waals surface area (Å²) in [6.07, 6.45) is -15.7. The number of fused-ring (bicyclic) bond motifs is 1. The van der Waals surface area contributed by atoms with Crippen LogP contribution < -0.4 is 23.7 Å². The molecular weight excluding hydrogens is 668 g/mol. The second-order valence-electron chi connectivity index (χ2n) is 12.6. The number of ether oxygens (including phenoxy) is 9. The van der Waals surface area contributed by atoms with Crippen molar-refractivity contribution in [3.8, 4) is 28.7 Å². The molecule has 6 rings (SSSR count). The number of rotatable bonds is 11. The lowest BCUT2D eigenvalue weighted by atomic mass is 9.84. The van der Waals surface area contributed by atoms with Gasteiger partial charge in [-0.3, -0.25) is 0 Å². The van der Waals surface area contributed by atoms with E-state index in [2.05, 4.69) is 0 Å². The van der Waals surface area contributed by atoms with E-state index in [9.17, 15) is 40.9 Å². The molecular formula is C33H44O17. The molecule has 0 amide bonds. The third kappa shape index (κ3) is 6.69. The van der Waals surface area contributed by atoms with Gasteiger partial charge in [0.15, 0.2) is 23.0 Å². The molecule has 17 heteroatoms. The van der Waals surface area contributed by atoms with Crippen LogP contribution in [-0.4, -0.2) is 150 Å². The standard InChI is InChI=1S/C33H44O17/c1-42-17-5-4-13(6-18(17)47-32-27(40)25(38)23(36)21(9-34)48-32)29-15-11-46-30(16(15)12-45-29)14-7-19(43-2)31(20(8-14)44-3)50-33-28(41)26(39)24(37)22(10-35)49-33/h4-8,15-16,21-30,32-41H,9-12H2,1-3H3/t15-,16+,21-,22-,23+,24+,25+,26+,27-,28+,29-,30+,32+,33-/m0/s1. The topological polar surface area (TPSA) is 245 Å². The van der Waals surface area contributed by atoms with Crippen molar-refractivity contribution in [2.75, 3.05) is 47.8 Å². The van der Waals surface area contributed by atoms with Crippen LogP contribution >= 0.6 is 0 Å². The Bertz CT molecular complexity index is 1430. The smallest absolute Gasteiger partial charge is 0.229 e. The summed E-state index contributed by atoms with van der Waals surface area (Å²) in [7, 11) is 4.27. The average molecular weight is 713 g/mol. The Morgan fingerprint density at radius 1 is 0.560 bits per heavy atom. The Labute approximate surface area is 287 Å². The van der Waals surface area contributed by atoms with Crippen molar-refractivity contribution in [3.63, 3.8) is 0 Å². The van der Waals surface area contributed by atoms with Crippen molar-refractivity contribution >= 4 is 0 Å². The summed E-state index contributed by atoms with van der Waals surface area (Å²) in [5.74, 6) is 0.766. The highest BCUT2D eigenvalue weighted by Gasteiger charge is 2.50. The maximum absolute atomic E-state index is 10.5. The molecule has 2 aromatic rings. The summed E-state index contributed by atoms with van der Waals surface area (Å²) < 4.78 is 52.1. The molecule has 17 nitrogen and oxygen atoms in total. The Kier molecular flexibility index (Phi) is 11.2. The van der Waals surface area contributed by atoms with E-state index in [0.29, 0.717) is 24.5 Å². The minimum atomic E-state index is -1.64. The first-order valence-electron chi connectivity index (χ1n) is 16.2. The van der Waals surface area contributed by atoms with E-state index in [4.69, 9.17) is 42.6 Å². The number of hydrogen-bond donors (Lipinski definition) is 8. The van der Waals surface area contributed by atoms with Gasteiger partial charge in [0, 0.05) is 11.8 Å². The number of benzene rings is 2. The van der Waals surface area contributed by atoms with E-state index in [1.165, 1.54) is 21.3 Å². The Hall–Kier alpha value is -3.04. The molecule has 4 fully saturated rings. The molecule has 0 saturated carbocycles. The van der Waals surface area contributed by atoms with Crippen molar-refractivity contribution in [1.82, 2.24) is 0 Å². The Balaban J connectivity index is 1.20. The van der Waals surface area contributed by atoms with Crippen molar-refractivity contribution in [2.24, 2.45) is 11.8 Å². The maximum atomic E-state index is 10.5. The molecule has 0 spiro atoms. The van der Waals surface area contributed by atoms with E-state index in [0.717, 1.165) is 5.56 Å². The highest BCUT2D eigenvalue weighted by molar-refractivity contribution is 5.55. The van der Waals surface area contributed by atoms with Gasteiger partial charge in [-0.15, -0.1) is 0 Å². The van der Waals surface area contributed by atoms with Gasteiger partial charge in [-0.2, -0.15) is 0 Å². The lowest BCUT2D eigenvalue weighted by molar-refractivity contribution is -0.277. The third-order valence-corrected chi connectivity index (χ3v) is 9.77. The van der Waals surface area contributed by atoms with E-state index in [-0.39, 0.29) is 34.8 Å². The minimum absolute atomic E-state index is 0.0586. The Morgan fingerprint density at radius 2 is 1.02 bits per heavy atom. The molecule has 4 aliphatic rings. The highest BCUT2D eigenvalue weighted by atomic mass is 16.7. The predicted molar refractivity (Wildman–Crippen MR) is 166 cm³/mol. The Morgan fingerprint density at radius 3 is 1.50 bits per heavy atom. The van der Waals surface area contributed by atoms with Crippen LogP contribution in [0.4, 0.5) is 0 Å². The zero-order valence-corrected chi connectivity index (χ0v) is 27.6. The monoisotopic (exact) mass is 712 g/mol. The molecule has 0 bridgehead atoms. The van der Waals surface area contributed by atoms with Crippen LogP contribution in [0.1, 0.15) is 23.3 Å². The van der Waals surface area contributed by atoms with E-state index in [1.54, 1.807) is 24.3 Å². The molecule has 2 aromatic carbocycles. The summed E-state index contributed by atoms with van der Waals surface area (Å²) >= 11 is 0. The number of aliphatic hydroxyl groups is 8. The zero-order valence-electron chi connectivity index (χ0n) is 27.6. The van der Waals surface area contributed by atoms with Crippen molar-refractivity contribution < 1.29 is 83.5 Å². The van der Waals surface area contributed by atoms with Crippen molar-refractivity contribution in [2.45, 2.75) is 73.6 Å². The molecule has 0 unspecified atom stereocenters. The summed E-state index contributed by atoms with van der Waals surface area (Å²) in [4.78, 5) is 0. The van der Waals surface area contributed by atoms with Gasteiger partial charge in [0.2, 0.25) is 18.3 Å². The van der Waals surface area contributed by atoms with Crippen LogP contribution in [-0.2, 0) is 18.9 Å². The summed E-state index contributed by atoms with van der Waals surface area (Å²) in [5, 5.41) is 80.9. The van der Waals surface area contributed by atoms with Crippen LogP contribution in [0.3, 0.4) is 0 Å². The van der Waals surface area contributed by atoms with E-state index < -0.39 is 86.8 Å².